The van der Waals surface area contributed by atoms with Crippen molar-refractivity contribution in [2.75, 3.05) is 0 Å². The zero-order valence-corrected chi connectivity index (χ0v) is 11.5. The van der Waals surface area contributed by atoms with Gasteiger partial charge in [0.05, 0.1) is 6.42 Å². The molecule has 0 saturated heterocycles. The minimum Gasteiger partial charge on any atom is -0.481 e. The molecule has 0 radical (unpaired) electrons. The van der Waals surface area contributed by atoms with Gasteiger partial charge in [-0.05, 0) is 28.0 Å². The third-order valence-electron chi connectivity index (χ3n) is 2.16. The van der Waals surface area contributed by atoms with E-state index in [9.17, 15) is 9.59 Å². The summed E-state index contributed by atoms with van der Waals surface area (Å²) in [6.45, 7) is 0.246. The number of hydrogen-bond acceptors (Lipinski definition) is 4. The fraction of sp³-hybridized carbons (Fsp3) is 0.143. The minimum atomic E-state index is -0.770. The predicted octanol–water partition coefficient (Wildman–Crippen LogP) is 2.66. The van der Waals surface area contributed by atoms with Crippen molar-refractivity contribution in [1.29, 1.82) is 0 Å². The van der Waals surface area contributed by atoms with Gasteiger partial charge in [-0.2, -0.15) is 11.3 Å². The van der Waals surface area contributed by atoms with Crippen LogP contribution in [-0.2, 0) is 22.6 Å². The Morgan fingerprint density at radius 1 is 1.15 bits per heavy atom. The van der Waals surface area contributed by atoms with Crippen LogP contribution >= 0.6 is 11.3 Å². The Hall–Kier alpha value is -2.34. The van der Waals surface area contributed by atoms with Gasteiger partial charge in [0, 0.05) is 0 Å². The number of carbonyl (C=O) groups excluding carboxylic acids is 1. The van der Waals surface area contributed by atoms with Crippen LogP contribution in [0.5, 0.6) is 0 Å². The van der Waals surface area contributed by atoms with Gasteiger partial charge in [-0.25, -0.2) is 4.79 Å². The van der Waals surface area contributed by atoms with Gasteiger partial charge in [0.15, 0.2) is 0 Å². The van der Waals surface area contributed by atoms with Crippen LogP contribution in [0.2, 0.25) is 0 Å². The number of carboxylic acid groups (broad SMARTS) is 1. The van der Waals surface area contributed by atoms with Crippen molar-refractivity contribution in [2.45, 2.75) is 13.0 Å². The maximum atomic E-state index is 10.2. The molecular formula is C14H15NO4S. The van der Waals surface area contributed by atoms with E-state index in [4.69, 9.17) is 10.8 Å². The van der Waals surface area contributed by atoms with Gasteiger partial charge < -0.3 is 15.6 Å². The third kappa shape index (κ3) is 7.17. The Bertz CT molecular complexity index is 525. The number of benzene rings is 1. The van der Waals surface area contributed by atoms with E-state index in [1.807, 2.05) is 47.2 Å². The second-order valence-corrected chi connectivity index (χ2v) is 4.58. The quantitative estimate of drug-likeness (QED) is 0.906. The first-order chi connectivity index (χ1) is 9.58. The minimum absolute atomic E-state index is 0.142. The summed E-state index contributed by atoms with van der Waals surface area (Å²) in [7, 11) is 0. The van der Waals surface area contributed by atoms with Crippen LogP contribution in [0.3, 0.4) is 0 Å². The molecule has 0 spiro atoms. The lowest BCUT2D eigenvalue weighted by Crippen LogP contribution is -2.12. The number of primary amides is 1. The molecule has 0 aliphatic rings. The molecule has 3 N–H and O–H groups in total. The summed E-state index contributed by atoms with van der Waals surface area (Å²) < 4.78 is 4.57. The molecule has 0 aliphatic carbocycles. The zero-order valence-electron chi connectivity index (χ0n) is 10.7. The predicted molar refractivity (Wildman–Crippen MR) is 76.5 cm³/mol. The van der Waals surface area contributed by atoms with Crippen LogP contribution in [0.4, 0.5) is 4.79 Å². The van der Waals surface area contributed by atoms with E-state index in [2.05, 4.69) is 4.74 Å². The molecule has 1 aromatic heterocycles. The molecule has 1 aromatic carbocycles. The van der Waals surface area contributed by atoms with Crippen LogP contribution in [-0.4, -0.2) is 17.2 Å². The van der Waals surface area contributed by atoms with Crippen LogP contribution in [0.15, 0.2) is 47.2 Å². The van der Waals surface area contributed by atoms with E-state index in [0.717, 1.165) is 11.1 Å². The molecule has 2 rings (SSSR count). The van der Waals surface area contributed by atoms with Crippen molar-refractivity contribution < 1.29 is 19.4 Å². The number of rotatable bonds is 4. The van der Waals surface area contributed by atoms with Gasteiger partial charge >= 0.3 is 12.1 Å². The van der Waals surface area contributed by atoms with Gasteiger partial charge in [0.2, 0.25) is 0 Å². The van der Waals surface area contributed by atoms with Crippen LogP contribution < -0.4 is 5.73 Å². The fourth-order valence-electron chi connectivity index (χ4n) is 1.30. The Labute approximate surface area is 120 Å². The highest BCUT2D eigenvalue weighted by Gasteiger charge is 1.98. The third-order valence-corrected chi connectivity index (χ3v) is 2.89. The number of carboxylic acids is 1. The van der Waals surface area contributed by atoms with Crippen LogP contribution in [0.25, 0.3) is 0 Å². The summed E-state index contributed by atoms with van der Waals surface area (Å²) >= 11 is 1.52. The van der Waals surface area contributed by atoms with E-state index in [-0.39, 0.29) is 13.0 Å². The second kappa shape index (κ2) is 8.71. The first kappa shape index (κ1) is 15.7. The molecule has 2 aromatic rings. The number of aliphatic carboxylic acids is 1. The van der Waals surface area contributed by atoms with Gasteiger partial charge in [0.25, 0.3) is 0 Å². The van der Waals surface area contributed by atoms with Gasteiger partial charge in [-0.1, -0.05) is 30.3 Å². The Morgan fingerprint density at radius 2 is 1.85 bits per heavy atom. The van der Waals surface area contributed by atoms with Crippen molar-refractivity contribution >= 4 is 23.4 Å². The van der Waals surface area contributed by atoms with Gasteiger partial charge in [0.1, 0.15) is 6.61 Å². The molecule has 0 fully saturated rings. The van der Waals surface area contributed by atoms with Crippen molar-refractivity contribution in [3.8, 4) is 0 Å². The highest BCUT2D eigenvalue weighted by Crippen LogP contribution is 2.05. The average molecular weight is 293 g/mol. The lowest BCUT2D eigenvalue weighted by molar-refractivity contribution is -0.136. The molecule has 0 aliphatic heterocycles. The smallest absolute Gasteiger partial charge is 0.404 e. The Balaban J connectivity index is 0.000000204. The number of thiophene rings is 1. The second-order valence-electron chi connectivity index (χ2n) is 3.80. The maximum absolute atomic E-state index is 10.2. The maximum Gasteiger partial charge on any atom is 0.404 e. The molecule has 1 heterocycles. The topological polar surface area (TPSA) is 89.6 Å². The molecule has 0 saturated carbocycles. The fourth-order valence-corrected chi connectivity index (χ4v) is 1.97. The standard InChI is InChI=1S/C8H9NO2.C6H6O2S/c9-8(10)11-6-7-4-2-1-3-5-7;7-6(8)3-5-1-2-9-4-5/h1-5H,6H2,(H2,9,10);1-2,4H,3H2,(H,7,8). The monoisotopic (exact) mass is 293 g/mol. The molecule has 5 nitrogen and oxygen atoms in total. The van der Waals surface area contributed by atoms with Crippen molar-refractivity contribution in [1.82, 2.24) is 0 Å². The van der Waals surface area contributed by atoms with E-state index in [1.165, 1.54) is 11.3 Å². The molecule has 20 heavy (non-hydrogen) atoms. The normalized spacial score (nSPS) is 9.20. The van der Waals surface area contributed by atoms with Crippen LogP contribution in [0.1, 0.15) is 11.1 Å². The SMILES string of the molecule is NC(=O)OCc1ccccc1.O=C(O)Cc1ccsc1. The van der Waals surface area contributed by atoms with Crippen LogP contribution in [0, 0.1) is 0 Å². The largest absolute Gasteiger partial charge is 0.481 e. The Morgan fingerprint density at radius 3 is 2.35 bits per heavy atom. The number of carbonyl (C=O) groups is 2. The zero-order chi connectivity index (χ0) is 14.8. The highest BCUT2D eigenvalue weighted by atomic mass is 32.1. The molecule has 6 heteroatoms. The average Bonchev–Trinajstić information content (AvgIpc) is 2.90. The summed E-state index contributed by atoms with van der Waals surface area (Å²) in [4.78, 5) is 20.2. The van der Waals surface area contributed by atoms with Gasteiger partial charge in [-0.15, -0.1) is 0 Å². The highest BCUT2D eigenvalue weighted by molar-refractivity contribution is 7.07. The van der Waals surface area contributed by atoms with E-state index >= 15 is 0 Å². The summed E-state index contributed by atoms with van der Waals surface area (Å²) in [5.74, 6) is -0.770. The summed E-state index contributed by atoms with van der Waals surface area (Å²) in [5.41, 5.74) is 6.60. The molecule has 106 valence electrons. The first-order valence-corrected chi connectivity index (χ1v) is 6.71. The summed E-state index contributed by atoms with van der Waals surface area (Å²) in [5, 5.41) is 12.0. The first-order valence-electron chi connectivity index (χ1n) is 5.77. The van der Waals surface area contributed by atoms with Crippen molar-refractivity contribution in [2.24, 2.45) is 5.73 Å². The van der Waals surface area contributed by atoms with E-state index in [0.29, 0.717) is 0 Å². The number of amides is 1. The number of hydrogen-bond donors (Lipinski definition) is 2. The van der Waals surface area contributed by atoms with Crippen molar-refractivity contribution in [3.05, 3.63) is 58.3 Å². The molecule has 1 amide bonds. The number of nitrogens with two attached hydrogens (primary N) is 1. The van der Waals surface area contributed by atoms with Crippen molar-refractivity contribution in [3.63, 3.8) is 0 Å². The Kier molecular flexibility index (Phi) is 6.84. The molecular weight excluding hydrogens is 278 g/mol. The van der Waals surface area contributed by atoms with E-state index < -0.39 is 12.1 Å². The number of ether oxygens (including phenoxy) is 1. The molecule has 0 atom stereocenters. The summed E-state index contributed by atoms with van der Waals surface area (Å²) in [6.07, 6.45) is -0.599. The summed E-state index contributed by atoms with van der Waals surface area (Å²) in [6, 6.07) is 11.2. The lowest BCUT2D eigenvalue weighted by atomic mass is 10.2. The van der Waals surface area contributed by atoms with Gasteiger partial charge in [-0.3, -0.25) is 4.79 Å². The molecule has 0 bridgehead atoms. The van der Waals surface area contributed by atoms with E-state index in [1.54, 1.807) is 0 Å². The lowest BCUT2D eigenvalue weighted by Gasteiger charge is -1.99. The molecule has 0 unspecified atom stereocenters.